The molecule has 2 N–H and O–H groups in total. The number of primary amides is 1. The first-order valence-electron chi connectivity index (χ1n) is 8.46. The molecule has 0 saturated carbocycles. The molecule has 5 rings (SSSR count). The SMILES string of the molecule is COc1cccc(-c2cc(C3CN4CCC3CC4)c(C(N)=O)s2)c1. The van der Waals surface area contributed by atoms with E-state index in [-0.39, 0.29) is 5.91 Å². The summed E-state index contributed by atoms with van der Waals surface area (Å²) in [5.41, 5.74) is 7.93. The molecule has 3 saturated heterocycles. The Balaban J connectivity index is 1.74. The number of fused-ring (bicyclic) bond motifs is 3. The minimum absolute atomic E-state index is 0.305. The Kier molecular flexibility index (Phi) is 4.06. The van der Waals surface area contributed by atoms with E-state index in [9.17, 15) is 4.79 Å². The van der Waals surface area contributed by atoms with Crippen molar-refractivity contribution in [3.63, 3.8) is 0 Å². The summed E-state index contributed by atoms with van der Waals surface area (Å²) in [6, 6.07) is 10.2. The van der Waals surface area contributed by atoms with Gasteiger partial charge in [-0.1, -0.05) is 12.1 Å². The van der Waals surface area contributed by atoms with E-state index in [4.69, 9.17) is 10.5 Å². The van der Waals surface area contributed by atoms with E-state index in [1.54, 1.807) is 7.11 Å². The number of thiophene rings is 1. The molecule has 0 aliphatic carbocycles. The Morgan fingerprint density at radius 1 is 1.29 bits per heavy atom. The van der Waals surface area contributed by atoms with Crippen molar-refractivity contribution in [1.82, 2.24) is 4.90 Å². The lowest BCUT2D eigenvalue weighted by molar-refractivity contribution is 0.0859. The number of carbonyl (C=O) groups is 1. The third-order valence-electron chi connectivity index (χ3n) is 5.39. The fourth-order valence-corrected chi connectivity index (χ4v) is 5.19. The molecule has 1 amide bonds. The van der Waals surface area contributed by atoms with Crippen molar-refractivity contribution in [3.8, 4) is 16.2 Å². The maximum Gasteiger partial charge on any atom is 0.259 e. The van der Waals surface area contributed by atoms with Crippen molar-refractivity contribution < 1.29 is 9.53 Å². The first-order chi connectivity index (χ1) is 11.7. The number of ether oxygens (including phenoxy) is 1. The quantitative estimate of drug-likeness (QED) is 0.927. The van der Waals surface area contributed by atoms with Gasteiger partial charge in [0.25, 0.3) is 5.91 Å². The van der Waals surface area contributed by atoms with Crippen LogP contribution in [-0.2, 0) is 0 Å². The second-order valence-electron chi connectivity index (χ2n) is 6.74. The van der Waals surface area contributed by atoms with Crippen molar-refractivity contribution in [1.29, 1.82) is 0 Å². The van der Waals surface area contributed by atoms with Crippen molar-refractivity contribution in [3.05, 3.63) is 40.8 Å². The number of rotatable bonds is 4. The summed E-state index contributed by atoms with van der Waals surface area (Å²) in [4.78, 5) is 16.4. The molecule has 3 aliphatic heterocycles. The molecule has 4 heterocycles. The van der Waals surface area contributed by atoms with E-state index >= 15 is 0 Å². The minimum Gasteiger partial charge on any atom is -0.497 e. The minimum atomic E-state index is -0.305. The van der Waals surface area contributed by atoms with Crippen LogP contribution in [0.3, 0.4) is 0 Å². The zero-order valence-corrected chi connectivity index (χ0v) is 14.6. The van der Waals surface area contributed by atoms with Crippen LogP contribution in [0.2, 0.25) is 0 Å². The van der Waals surface area contributed by atoms with Crippen LogP contribution in [0.4, 0.5) is 0 Å². The topological polar surface area (TPSA) is 55.6 Å². The Hall–Kier alpha value is -1.85. The number of nitrogens with two attached hydrogens (primary N) is 1. The van der Waals surface area contributed by atoms with E-state index in [0.717, 1.165) is 33.2 Å². The van der Waals surface area contributed by atoms with Gasteiger partial charge in [-0.25, -0.2) is 0 Å². The second kappa shape index (κ2) is 6.22. The van der Waals surface area contributed by atoms with Crippen LogP contribution in [0.15, 0.2) is 30.3 Å². The summed E-state index contributed by atoms with van der Waals surface area (Å²) in [5, 5.41) is 0. The summed E-state index contributed by atoms with van der Waals surface area (Å²) >= 11 is 1.51. The molecule has 1 unspecified atom stereocenters. The van der Waals surface area contributed by atoms with Crippen LogP contribution in [0.1, 0.15) is 34.0 Å². The van der Waals surface area contributed by atoms with Gasteiger partial charge in [0.2, 0.25) is 0 Å². The molecule has 2 aromatic rings. The lowest BCUT2D eigenvalue weighted by atomic mass is 9.75. The third kappa shape index (κ3) is 2.72. The maximum atomic E-state index is 12.0. The molecule has 24 heavy (non-hydrogen) atoms. The van der Waals surface area contributed by atoms with Crippen molar-refractivity contribution >= 4 is 17.2 Å². The van der Waals surface area contributed by atoms with Crippen LogP contribution in [-0.4, -0.2) is 37.6 Å². The third-order valence-corrected chi connectivity index (χ3v) is 6.61. The smallest absolute Gasteiger partial charge is 0.259 e. The molecule has 4 nitrogen and oxygen atoms in total. The van der Waals surface area contributed by atoms with Crippen LogP contribution in [0, 0.1) is 5.92 Å². The van der Waals surface area contributed by atoms with Gasteiger partial charge in [0.05, 0.1) is 12.0 Å². The summed E-state index contributed by atoms with van der Waals surface area (Å²) in [7, 11) is 1.67. The molecule has 5 heteroatoms. The normalized spacial score (nSPS) is 25.6. The van der Waals surface area contributed by atoms with E-state index in [1.807, 2.05) is 18.2 Å². The fourth-order valence-electron chi connectivity index (χ4n) is 4.11. The highest BCUT2D eigenvalue weighted by atomic mass is 32.1. The highest BCUT2D eigenvalue weighted by Gasteiger charge is 2.37. The van der Waals surface area contributed by atoms with Gasteiger partial charge in [-0.05, 0) is 61.2 Å². The zero-order chi connectivity index (χ0) is 16.7. The van der Waals surface area contributed by atoms with Crippen molar-refractivity contribution in [2.45, 2.75) is 18.8 Å². The van der Waals surface area contributed by atoms with Gasteiger partial charge in [-0.2, -0.15) is 0 Å². The van der Waals surface area contributed by atoms with Gasteiger partial charge in [-0.3, -0.25) is 4.79 Å². The molecular weight excluding hydrogens is 320 g/mol. The van der Waals surface area contributed by atoms with Gasteiger partial charge in [0.15, 0.2) is 0 Å². The number of benzene rings is 1. The van der Waals surface area contributed by atoms with E-state index in [1.165, 1.54) is 37.3 Å². The predicted molar refractivity (Wildman–Crippen MR) is 96.7 cm³/mol. The van der Waals surface area contributed by atoms with Crippen molar-refractivity contribution in [2.24, 2.45) is 11.7 Å². The lowest BCUT2D eigenvalue weighted by Crippen LogP contribution is -2.46. The monoisotopic (exact) mass is 342 g/mol. The van der Waals surface area contributed by atoms with Gasteiger partial charge >= 0.3 is 0 Å². The van der Waals surface area contributed by atoms with Gasteiger partial charge in [0.1, 0.15) is 5.75 Å². The van der Waals surface area contributed by atoms with Crippen molar-refractivity contribution in [2.75, 3.05) is 26.7 Å². The van der Waals surface area contributed by atoms with Gasteiger partial charge in [0, 0.05) is 17.3 Å². The molecule has 2 bridgehead atoms. The highest BCUT2D eigenvalue weighted by Crippen LogP contribution is 2.44. The van der Waals surface area contributed by atoms with Crippen LogP contribution >= 0.6 is 11.3 Å². The van der Waals surface area contributed by atoms with Gasteiger partial charge < -0.3 is 15.4 Å². The Morgan fingerprint density at radius 2 is 2.08 bits per heavy atom. The van der Waals surface area contributed by atoms with E-state index in [0.29, 0.717) is 11.8 Å². The van der Waals surface area contributed by atoms with Crippen LogP contribution in [0.25, 0.3) is 10.4 Å². The van der Waals surface area contributed by atoms with E-state index in [2.05, 4.69) is 17.0 Å². The number of piperidine rings is 3. The Labute approximate surface area is 146 Å². The molecule has 1 aromatic carbocycles. The molecule has 0 radical (unpaired) electrons. The molecule has 0 spiro atoms. The largest absolute Gasteiger partial charge is 0.497 e. The first kappa shape index (κ1) is 15.7. The van der Waals surface area contributed by atoms with Gasteiger partial charge in [-0.15, -0.1) is 11.3 Å². The Morgan fingerprint density at radius 3 is 2.71 bits per heavy atom. The highest BCUT2D eigenvalue weighted by molar-refractivity contribution is 7.17. The first-order valence-corrected chi connectivity index (χ1v) is 9.27. The van der Waals surface area contributed by atoms with Crippen LogP contribution < -0.4 is 10.5 Å². The number of nitrogens with zero attached hydrogens (tertiary/aromatic N) is 1. The molecule has 3 aliphatic rings. The van der Waals surface area contributed by atoms with E-state index < -0.39 is 0 Å². The van der Waals surface area contributed by atoms with Crippen LogP contribution in [0.5, 0.6) is 5.75 Å². The summed E-state index contributed by atoms with van der Waals surface area (Å²) < 4.78 is 5.32. The number of hydrogen-bond donors (Lipinski definition) is 1. The molecule has 1 aromatic heterocycles. The average molecular weight is 342 g/mol. The zero-order valence-electron chi connectivity index (χ0n) is 13.8. The second-order valence-corrected chi connectivity index (χ2v) is 7.79. The lowest BCUT2D eigenvalue weighted by Gasteiger charge is -2.45. The maximum absolute atomic E-state index is 12.0. The average Bonchev–Trinajstić information content (AvgIpc) is 3.08. The molecule has 3 fully saturated rings. The number of hydrogen-bond acceptors (Lipinski definition) is 4. The molecular formula is C19H22N2O2S. The number of methoxy groups -OCH3 is 1. The standard InChI is InChI=1S/C19H22N2O2S/c1-23-14-4-2-3-13(9-14)17-10-15(18(24-17)19(20)22)16-11-21-7-5-12(16)6-8-21/h2-4,9-10,12,16H,5-8,11H2,1H3,(H2,20,22). The molecule has 126 valence electrons. The summed E-state index contributed by atoms with van der Waals surface area (Å²) in [6.07, 6.45) is 2.46. The summed E-state index contributed by atoms with van der Waals surface area (Å²) in [6.45, 7) is 3.44. The number of carbonyl (C=O) groups excluding carboxylic acids is 1. The number of amides is 1. The predicted octanol–water partition coefficient (Wildman–Crippen LogP) is 3.33. The Bertz CT molecular complexity index is 762. The summed E-state index contributed by atoms with van der Waals surface area (Å²) in [5.74, 6) is 1.64. The fraction of sp³-hybridized carbons (Fsp3) is 0.421. The molecule has 1 atom stereocenters.